The maximum Gasteiger partial charge on any atom is 0.236 e. The topological polar surface area (TPSA) is 40.6 Å². The van der Waals surface area contributed by atoms with E-state index in [-0.39, 0.29) is 37.0 Å². The Bertz CT molecular complexity index is 475. The number of hydrogen-bond acceptors (Lipinski definition) is 3. The molecule has 5 heteroatoms. The fourth-order valence-electron chi connectivity index (χ4n) is 1.77. The Balaban J connectivity index is 2.56. The Hall–Kier alpha value is -1.75. The first-order chi connectivity index (χ1) is 9.43. The fraction of sp³-hybridized carbons (Fsp3) is 0.467. The Morgan fingerprint density at radius 3 is 2.35 bits per heavy atom. The zero-order valence-corrected chi connectivity index (χ0v) is 12.2. The minimum absolute atomic E-state index is 0.0504. The van der Waals surface area contributed by atoms with Crippen LogP contribution in [0.1, 0.15) is 12.5 Å². The summed E-state index contributed by atoms with van der Waals surface area (Å²) in [6.45, 7) is 2.85. The second kappa shape index (κ2) is 7.75. The maximum atomic E-state index is 13.5. The molecule has 1 rings (SSSR count). The molecule has 0 aliphatic rings. The van der Waals surface area contributed by atoms with E-state index < -0.39 is 0 Å². The number of likely N-dealkylation sites (N-methyl/N-ethyl adjacent to an activating group) is 2. The predicted molar refractivity (Wildman–Crippen MR) is 75.9 cm³/mol. The van der Waals surface area contributed by atoms with Crippen LogP contribution >= 0.6 is 0 Å². The van der Waals surface area contributed by atoms with Crippen molar-refractivity contribution >= 4 is 11.7 Å². The van der Waals surface area contributed by atoms with E-state index in [1.807, 2.05) is 6.92 Å². The number of benzene rings is 1. The molecule has 0 N–H and O–H groups in total. The highest BCUT2D eigenvalue weighted by Gasteiger charge is 2.15. The molecule has 0 atom stereocenters. The molecule has 0 bridgehead atoms. The van der Waals surface area contributed by atoms with E-state index in [0.29, 0.717) is 12.1 Å². The molecule has 0 heterocycles. The van der Waals surface area contributed by atoms with Crippen molar-refractivity contribution in [3.63, 3.8) is 0 Å². The van der Waals surface area contributed by atoms with Gasteiger partial charge in [0.2, 0.25) is 5.91 Å². The molecule has 0 fully saturated rings. The van der Waals surface area contributed by atoms with Crippen molar-refractivity contribution < 1.29 is 14.0 Å². The monoisotopic (exact) mass is 280 g/mol. The van der Waals surface area contributed by atoms with Crippen LogP contribution in [0.25, 0.3) is 0 Å². The van der Waals surface area contributed by atoms with Crippen LogP contribution in [0.3, 0.4) is 0 Å². The van der Waals surface area contributed by atoms with Gasteiger partial charge in [-0.2, -0.15) is 0 Å². The molecule has 0 unspecified atom stereocenters. The van der Waals surface area contributed by atoms with Gasteiger partial charge in [-0.05, 0) is 18.2 Å². The first kappa shape index (κ1) is 16.3. The molecule has 1 aromatic carbocycles. The Kier molecular flexibility index (Phi) is 6.31. The lowest BCUT2D eigenvalue weighted by Crippen LogP contribution is -2.39. The van der Waals surface area contributed by atoms with Crippen molar-refractivity contribution in [3.8, 4) is 0 Å². The highest BCUT2D eigenvalue weighted by atomic mass is 19.1. The van der Waals surface area contributed by atoms with Crippen LogP contribution < -0.4 is 0 Å². The van der Waals surface area contributed by atoms with E-state index in [1.165, 1.54) is 11.0 Å². The number of amides is 1. The second-order valence-corrected chi connectivity index (χ2v) is 4.90. The number of halogens is 1. The normalized spacial score (nSPS) is 10.7. The lowest BCUT2D eigenvalue weighted by molar-refractivity contribution is -0.130. The summed E-state index contributed by atoms with van der Waals surface area (Å²) in [5, 5.41) is 0. The molecule has 0 aromatic heterocycles. The van der Waals surface area contributed by atoms with E-state index in [9.17, 15) is 14.0 Å². The van der Waals surface area contributed by atoms with Crippen LogP contribution in [0.15, 0.2) is 24.3 Å². The number of ketones is 1. The second-order valence-electron chi connectivity index (χ2n) is 4.90. The first-order valence-electron chi connectivity index (χ1n) is 6.61. The quantitative estimate of drug-likeness (QED) is 0.757. The van der Waals surface area contributed by atoms with Gasteiger partial charge < -0.3 is 4.90 Å². The third kappa shape index (κ3) is 5.09. The molecule has 1 aromatic rings. The molecule has 0 aliphatic heterocycles. The number of nitrogens with zero attached hydrogens (tertiary/aromatic N) is 2. The fourth-order valence-corrected chi connectivity index (χ4v) is 1.77. The van der Waals surface area contributed by atoms with E-state index in [2.05, 4.69) is 0 Å². The Morgan fingerprint density at radius 2 is 1.80 bits per heavy atom. The zero-order valence-electron chi connectivity index (χ0n) is 12.2. The predicted octanol–water partition coefficient (Wildman–Crippen LogP) is 1.35. The van der Waals surface area contributed by atoms with Crippen LogP contribution in [0.2, 0.25) is 0 Å². The largest absolute Gasteiger partial charge is 0.348 e. The average molecular weight is 280 g/mol. The van der Waals surface area contributed by atoms with Crippen molar-refractivity contribution in [1.82, 2.24) is 9.80 Å². The Morgan fingerprint density at radius 1 is 1.15 bits per heavy atom. The van der Waals surface area contributed by atoms with Crippen LogP contribution in [0.4, 0.5) is 4.39 Å². The molecule has 0 saturated carbocycles. The summed E-state index contributed by atoms with van der Waals surface area (Å²) in [4.78, 5) is 26.8. The SMILES string of the molecule is CCN(CC(=O)Cc1ccccc1F)CC(=O)N(C)C. The molecular formula is C15H21FN2O2. The minimum atomic E-state index is -0.367. The van der Waals surface area contributed by atoms with Gasteiger partial charge in [-0.3, -0.25) is 14.5 Å². The number of rotatable bonds is 7. The van der Waals surface area contributed by atoms with Crippen molar-refractivity contribution in [3.05, 3.63) is 35.6 Å². The lowest BCUT2D eigenvalue weighted by atomic mass is 10.1. The molecule has 110 valence electrons. The van der Waals surface area contributed by atoms with E-state index in [1.54, 1.807) is 37.2 Å². The first-order valence-corrected chi connectivity index (χ1v) is 6.61. The van der Waals surface area contributed by atoms with E-state index in [4.69, 9.17) is 0 Å². The van der Waals surface area contributed by atoms with E-state index in [0.717, 1.165) is 0 Å². The number of Topliss-reactive ketones (excluding diaryl/α,β-unsaturated/α-hetero) is 1. The summed E-state index contributed by atoms with van der Waals surface area (Å²) in [6.07, 6.45) is 0.0549. The molecule has 1 amide bonds. The van der Waals surface area contributed by atoms with Gasteiger partial charge in [0, 0.05) is 20.5 Å². The summed E-state index contributed by atoms with van der Waals surface area (Å²) < 4.78 is 13.5. The highest BCUT2D eigenvalue weighted by molar-refractivity contribution is 5.84. The number of carbonyl (C=O) groups is 2. The zero-order chi connectivity index (χ0) is 15.1. The summed E-state index contributed by atoms with van der Waals surface area (Å²) in [5.41, 5.74) is 0.396. The lowest BCUT2D eigenvalue weighted by Gasteiger charge is -2.21. The van der Waals surface area contributed by atoms with Gasteiger partial charge >= 0.3 is 0 Å². The molecule has 0 saturated heterocycles. The van der Waals surface area contributed by atoms with Gasteiger partial charge in [0.25, 0.3) is 0 Å². The molecule has 0 aliphatic carbocycles. The molecule has 0 spiro atoms. The van der Waals surface area contributed by atoms with Crippen LogP contribution in [-0.4, -0.2) is 55.2 Å². The average Bonchev–Trinajstić information content (AvgIpc) is 2.40. The standard InChI is InChI=1S/C15H21FN2O2/c1-4-18(11-15(20)17(2)3)10-13(19)9-12-7-5-6-8-14(12)16/h5-8H,4,9-11H2,1-3H3. The smallest absolute Gasteiger partial charge is 0.236 e. The third-order valence-corrected chi connectivity index (χ3v) is 3.05. The summed E-state index contributed by atoms with van der Waals surface area (Å²) >= 11 is 0. The summed E-state index contributed by atoms with van der Waals surface area (Å²) in [7, 11) is 3.36. The Labute approximate surface area is 119 Å². The van der Waals surface area contributed by atoms with Crippen molar-refractivity contribution in [2.75, 3.05) is 33.7 Å². The minimum Gasteiger partial charge on any atom is -0.348 e. The maximum absolute atomic E-state index is 13.5. The number of carbonyl (C=O) groups excluding carboxylic acids is 2. The number of hydrogen-bond donors (Lipinski definition) is 0. The van der Waals surface area contributed by atoms with Crippen molar-refractivity contribution in [2.24, 2.45) is 0 Å². The molecule has 4 nitrogen and oxygen atoms in total. The van der Waals surface area contributed by atoms with Crippen LogP contribution in [-0.2, 0) is 16.0 Å². The summed E-state index contributed by atoms with van der Waals surface area (Å²) in [6, 6.07) is 6.25. The van der Waals surface area contributed by atoms with Gasteiger partial charge in [0.15, 0.2) is 5.78 Å². The molecular weight excluding hydrogens is 259 g/mol. The molecule has 0 radical (unpaired) electrons. The third-order valence-electron chi connectivity index (χ3n) is 3.05. The molecule has 20 heavy (non-hydrogen) atoms. The van der Waals surface area contributed by atoms with Gasteiger partial charge in [0.1, 0.15) is 5.82 Å². The van der Waals surface area contributed by atoms with E-state index >= 15 is 0 Å². The van der Waals surface area contributed by atoms with Crippen LogP contribution in [0.5, 0.6) is 0 Å². The summed E-state index contributed by atoms with van der Waals surface area (Å²) in [5.74, 6) is -0.512. The van der Waals surface area contributed by atoms with Crippen molar-refractivity contribution in [2.45, 2.75) is 13.3 Å². The van der Waals surface area contributed by atoms with Crippen LogP contribution in [0, 0.1) is 5.82 Å². The highest BCUT2D eigenvalue weighted by Crippen LogP contribution is 2.07. The van der Waals surface area contributed by atoms with Gasteiger partial charge in [-0.15, -0.1) is 0 Å². The van der Waals surface area contributed by atoms with Crippen molar-refractivity contribution in [1.29, 1.82) is 0 Å². The van der Waals surface area contributed by atoms with Gasteiger partial charge in [-0.25, -0.2) is 4.39 Å². The van der Waals surface area contributed by atoms with Gasteiger partial charge in [-0.1, -0.05) is 25.1 Å². The van der Waals surface area contributed by atoms with Gasteiger partial charge in [0.05, 0.1) is 13.1 Å².